The standard InChI is InChI=1S/C13H15N3O/c14-9-12(8-13(17)16-11-6-7-11)15-10-4-2-1-3-5-10/h1-5,11-12,15H,6-8H2,(H,16,17). The summed E-state index contributed by atoms with van der Waals surface area (Å²) in [4.78, 5) is 11.6. The van der Waals surface area contributed by atoms with Crippen molar-refractivity contribution in [3.8, 4) is 6.07 Å². The van der Waals surface area contributed by atoms with Crippen molar-refractivity contribution in [1.82, 2.24) is 5.32 Å². The Kier molecular flexibility index (Phi) is 3.61. The molecule has 88 valence electrons. The topological polar surface area (TPSA) is 64.9 Å². The van der Waals surface area contributed by atoms with Gasteiger partial charge in [-0.15, -0.1) is 0 Å². The Morgan fingerprint density at radius 3 is 2.71 bits per heavy atom. The molecule has 0 aliphatic heterocycles. The number of carbonyl (C=O) groups excluding carboxylic acids is 1. The summed E-state index contributed by atoms with van der Waals surface area (Å²) in [6.45, 7) is 0. The van der Waals surface area contributed by atoms with Crippen LogP contribution in [0.4, 0.5) is 5.69 Å². The van der Waals surface area contributed by atoms with E-state index in [0.717, 1.165) is 18.5 Å². The lowest BCUT2D eigenvalue weighted by atomic mass is 10.2. The number of carbonyl (C=O) groups is 1. The van der Waals surface area contributed by atoms with Crippen LogP contribution in [0, 0.1) is 11.3 Å². The molecule has 1 atom stereocenters. The van der Waals surface area contributed by atoms with Crippen molar-refractivity contribution in [2.75, 3.05) is 5.32 Å². The molecule has 1 amide bonds. The number of benzene rings is 1. The van der Waals surface area contributed by atoms with Crippen LogP contribution in [0.25, 0.3) is 0 Å². The smallest absolute Gasteiger partial charge is 0.223 e. The summed E-state index contributed by atoms with van der Waals surface area (Å²) >= 11 is 0. The van der Waals surface area contributed by atoms with Gasteiger partial charge < -0.3 is 10.6 Å². The molecular weight excluding hydrogens is 214 g/mol. The summed E-state index contributed by atoms with van der Waals surface area (Å²) in [5.41, 5.74) is 0.860. The number of anilines is 1. The van der Waals surface area contributed by atoms with E-state index in [4.69, 9.17) is 5.26 Å². The molecule has 1 aliphatic rings. The first kappa shape index (κ1) is 11.5. The van der Waals surface area contributed by atoms with Crippen molar-refractivity contribution < 1.29 is 4.79 Å². The minimum Gasteiger partial charge on any atom is -0.369 e. The largest absolute Gasteiger partial charge is 0.369 e. The molecule has 1 aliphatic carbocycles. The highest BCUT2D eigenvalue weighted by Gasteiger charge is 2.24. The number of nitrogens with zero attached hydrogens (tertiary/aromatic N) is 1. The third-order valence-electron chi connectivity index (χ3n) is 2.60. The molecular formula is C13H15N3O. The maximum Gasteiger partial charge on any atom is 0.223 e. The molecule has 1 aromatic carbocycles. The van der Waals surface area contributed by atoms with Crippen LogP contribution >= 0.6 is 0 Å². The van der Waals surface area contributed by atoms with Crippen molar-refractivity contribution in [1.29, 1.82) is 5.26 Å². The molecule has 1 saturated carbocycles. The van der Waals surface area contributed by atoms with E-state index in [1.165, 1.54) is 0 Å². The maximum absolute atomic E-state index is 11.6. The van der Waals surface area contributed by atoms with E-state index in [9.17, 15) is 4.79 Å². The molecule has 2 rings (SSSR count). The van der Waals surface area contributed by atoms with E-state index in [1.807, 2.05) is 30.3 Å². The second-order valence-corrected chi connectivity index (χ2v) is 4.24. The van der Waals surface area contributed by atoms with E-state index in [0.29, 0.717) is 6.04 Å². The number of nitrogens with one attached hydrogen (secondary N) is 2. The Balaban J connectivity index is 1.84. The fourth-order valence-corrected chi connectivity index (χ4v) is 1.56. The Labute approximate surface area is 101 Å². The van der Waals surface area contributed by atoms with Crippen LogP contribution in [-0.2, 0) is 4.79 Å². The van der Waals surface area contributed by atoms with Crippen LogP contribution in [0.2, 0.25) is 0 Å². The Morgan fingerprint density at radius 1 is 1.41 bits per heavy atom. The lowest BCUT2D eigenvalue weighted by Gasteiger charge is -2.12. The van der Waals surface area contributed by atoms with E-state index < -0.39 is 6.04 Å². The molecule has 0 spiro atoms. The van der Waals surface area contributed by atoms with Crippen LogP contribution in [0.3, 0.4) is 0 Å². The molecule has 4 heteroatoms. The number of para-hydroxylation sites is 1. The van der Waals surface area contributed by atoms with Gasteiger partial charge in [0.1, 0.15) is 6.04 Å². The molecule has 1 unspecified atom stereocenters. The molecule has 0 heterocycles. The maximum atomic E-state index is 11.6. The summed E-state index contributed by atoms with van der Waals surface area (Å²) in [6.07, 6.45) is 2.33. The third kappa shape index (κ3) is 3.80. The monoisotopic (exact) mass is 229 g/mol. The van der Waals surface area contributed by atoms with Crippen LogP contribution in [0.1, 0.15) is 19.3 Å². The molecule has 0 aromatic heterocycles. The summed E-state index contributed by atoms with van der Waals surface area (Å²) in [6, 6.07) is 11.4. The Morgan fingerprint density at radius 2 is 2.12 bits per heavy atom. The molecule has 0 radical (unpaired) electrons. The predicted octanol–water partition coefficient (Wildman–Crippen LogP) is 1.66. The van der Waals surface area contributed by atoms with Gasteiger partial charge in [-0.25, -0.2) is 0 Å². The minimum atomic E-state index is -0.476. The van der Waals surface area contributed by atoms with E-state index >= 15 is 0 Å². The van der Waals surface area contributed by atoms with Gasteiger partial charge in [-0.1, -0.05) is 18.2 Å². The molecule has 1 fully saturated rings. The average molecular weight is 229 g/mol. The van der Waals surface area contributed by atoms with Crippen molar-refractivity contribution in [3.05, 3.63) is 30.3 Å². The number of hydrogen-bond acceptors (Lipinski definition) is 3. The number of amides is 1. The lowest BCUT2D eigenvalue weighted by molar-refractivity contribution is -0.121. The number of hydrogen-bond donors (Lipinski definition) is 2. The van der Waals surface area contributed by atoms with Crippen molar-refractivity contribution in [2.24, 2.45) is 0 Å². The van der Waals surface area contributed by atoms with Gasteiger partial charge in [0.25, 0.3) is 0 Å². The normalized spacial score (nSPS) is 15.7. The van der Waals surface area contributed by atoms with Gasteiger partial charge >= 0.3 is 0 Å². The highest BCUT2D eigenvalue weighted by Crippen LogP contribution is 2.19. The summed E-state index contributed by atoms with van der Waals surface area (Å²) < 4.78 is 0. The van der Waals surface area contributed by atoms with Crippen LogP contribution in [-0.4, -0.2) is 18.0 Å². The Bertz CT molecular complexity index is 420. The molecule has 0 bridgehead atoms. The highest BCUT2D eigenvalue weighted by molar-refractivity contribution is 5.78. The minimum absolute atomic E-state index is 0.0533. The van der Waals surface area contributed by atoms with E-state index in [-0.39, 0.29) is 12.3 Å². The second kappa shape index (κ2) is 5.35. The zero-order valence-electron chi connectivity index (χ0n) is 9.52. The molecule has 17 heavy (non-hydrogen) atoms. The summed E-state index contributed by atoms with van der Waals surface area (Å²) in [5.74, 6) is -0.0533. The fraction of sp³-hybridized carbons (Fsp3) is 0.385. The first-order chi connectivity index (χ1) is 8.28. The molecule has 4 nitrogen and oxygen atoms in total. The van der Waals surface area contributed by atoms with Crippen molar-refractivity contribution >= 4 is 11.6 Å². The van der Waals surface area contributed by atoms with Gasteiger partial charge in [-0.2, -0.15) is 5.26 Å². The quantitative estimate of drug-likeness (QED) is 0.807. The first-order valence-electron chi connectivity index (χ1n) is 5.78. The van der Waals surface area contributed by atoms with Gasteiger partial charge in [-0.3, -0.25) is 4.79 Å². The summed E-state index contributed by atoms with van der Waals surface area (Å²) in [7, 11) is 0. The third-order valence-corrected chi connectivity index (χ3v) is 2.60. The number of nitriles is 1. The molecule has 0 saturated heterocycles. The van der Waals surface area contributed by atoms with Crippen molar-refractivity contribution in [3.63, 3.8) is 0 Å². The van der Waals surface area contributed by atoms with Gasteiger partial charge in [0.2, 0.25) is 5.91 Å². The molecule has 2 N–H and O–H groups in total. The van der Waals surface area contributed by atoms with Gasteiger partial charge in [-0.05, 0) is 25.0 Å². The Hall–Kier alpha value is -2.02. The SMILES string of the molecule is N#CC(CC(=O)NC1CC1)Nc1ccccc1. The van der Waals surface area contributed by atoms with Gasteiger partial charge in [0.05, 0.1) is 12.5 Å². The van der Waals surface area contributed by atoms with Crippen molar-refractivity contribution in [2.45, 2.75) is 31.3 Å². The average Bonchev–Trinajstić information content (AvgIpc) is 3.13. The second-order valence-electron chi connectivity index (χ2n) is 4.24. The van der Waals surface area contributed by atoms with E-state index in [1.54, 1.807) is 0 Å². The predicted molar refractivity (Wildman–Crippen MR) is 65.2 cm³/mol. The zero-order valence-corrected chi connectivity index (χ0v) is 9.52. The van der Waals surface area contributed by atoms with Crippen LogP contribution in [0.15, 0.2) is 30.3 Å². The summed E-state index contributed by atoms with van der Waals surface area (Å²) in [5, 5.41) is 14.9. The van der Waals surface area contributed by atoms with Gasteiger partial charge in [0, 0.05) is 11.7 Å². The highest BCUT2D eigenvalue weighted by atomic mass is 16.1. The first-order valence-corrected chi connectivity index (χ1v) is 5.78. The van der Waals surface area contributed by atoms with Crippen LogP contribution in [0.5, 0.6) is 0 Å². The fourth-order valence-electron chi connectivity index (χ4n) is 1.56. The van der Waals surface area contributed by atoms with Gasteiger partial charge in [0.15, 0.2) is 0 Å². The lowest BCUT2D eigenvalue weighted by Crippen LogP contribution is -2.31. The number of rotatable bonds is 5. The molecule has 1 aromatic rings. The zero-order chi connectivity index (χ0) is 12.1. The van der Waals surface area contributed by atoms with E-state index in [2.05, 4.69) is 16.7 Å². The van der Waals surface area contributed by atoms with Crippen LogP contribution < -0.4 is 10.6 Å².